The molecule has 12 rings (SSSR count). The molecule has 2 heteroatoms. The number of para-hydroxylation sites is 2. The Balaban J connectivity index is 1.16. The fourth-order valence-corrected chi connectivity index (χ4v) is 9.47. The normalized spacial score (nSPS) is 11.9. The molecule has 0 saturated heterocycles. The van der Waals surface area contributed by atoms with Crippen molar-refractivity contribution in [1.29, 1.82) is 0 Å². The van der Waals surface area contributed by atoms with Crippen LogP contribution in [0.4, 0.5) is 0 Å². The Morgan fingerprint density at radius 3 is 1.63 bits per heavy atom. The first-order valence-corrected chi connectivity index (χ1v) is 19.6. The summed E-state index contributed by atoms with van der Waals surface area (Å²) in [6, 6.07) is 75.2. The Bertz CT molecular complexity index is 3520. The standard InChI is InChI=1S/C55H34N2/c1-2-16-36(17-3-1)54-48-32-31-46-41-21-11-13-28-50(41)57(55(46)53(48)47-26-10-12-27-49(47)56-54)40-20-14-19-38(34-40)51-42-22-6-8-24-44(42)52(45-25-9-7-23-43(45)51)39-30-29-35-15-4-5-18-37(35)33-39/h1-34H. The highest BCUT2D eigenvalue weighted by Crippen LogP contribution is 2.46. The van der Waals surface area contributed by atoms with Crippen molar-refractivity contribution in [3.05, 3.63) is 206 Å². The van der Waals surface area contributed by atoms with Gasteiger partial charge in [0.25, 0.3) is 0 Å². The van der Waals surface area contributed by atoms with Crippen LogP contribution >= 0.6 is 0 Å². The maximum atomic E-state index is 5.28. The lowest BCUT2D eigenvalue weighted by Crippen LogP contribution is -1.97. The van der Waals surface area contributed by atoms with E-state index in [9.17, 15) is 0 Å². The molecule has 0 saturated carbocycles. The van der Waals surface area contributed by atoms with Crippen molar-refractivity contribution in [2.45, 2.75) is 0 Å². The summed E-state index contributed by atoms with van der Waals surface area (Å²) in [6.45, 7) is 0. The highest BCUT2D eigenvalue weighted by atomic mass is 15.0. The maximum Gasteiger partial charge on any atom is 0.0788 e. The molecule has 0 aliphatic rings. The summed E-state index contributed by atoms with van der Waals surface area (Å²) < 4.78 is 2.49. The van der Waals surface area contributed by atoms with Gasteiger partial charge in [-0.15, -0.1) is 0 Å². The van der Waals surface area contributed by atoms with E-state index in [0.717, 1.165) is 33.2 Å². The van der Waals surface area contributed by atoms with Crippen LogP contribution in [0.3, 0.4) is 0 Å². The summed E-state index contributed by atoms with van der Waals surface area (Å²) in [4.78, 5) is 5.28. The van der Waals surface area contributed by atoms with Gasteiger partial charge in [-0.05, 0) is 84.9 Å². The molecule has 0 aliphatic heterocycles. The van der Waals surface area contributed by atoms with Crippen molar-refractivity contribution < 1.29 is 0 Å². The first-order valence-electron chi connectivity index (χ1n) is 19.6. The molecular weight excluding hydrogens is 689 g/mol. The number of nitrogens with zero attached hydrogens (tertiary/aromatic N) is 2. The minimum atomic E-state index is 0.992. The molecule has 0 N–H and O–H groups in total. The molecule has 0 atom stereocenters. The molecule has 2 heterocycles. The van der Waals surface area contributed by atoms with E-state index in [1.807, 2.05) is 0 Å². The first kappa shape index (κ1) is 31.8. The Labute approximate surface area is 329 Å². The fourth-order valence-electron chi connectivity index (χ4n) is 9.47. The van der Waals surface area contributed by atoms with Crippen molar-refractivity contribution in [3.63, 3.8) is 0 Å². The zero-order valence-electron chi connectivity index (χ0n) is 31.0. The molecule has 10 aromatic carbocycles. The molecule has 0 aliphatic carbocycles. The second-order valence-corrected chi connectivity index (χ2v) is 15.0. The summed E-state index contributed by atoms with van der Waals surface area (Å²) in [7, 11) is 0. The lowest BCUT2D eigenvalue weighted by Gasteiger charge is -2.19. The van der Waals surface area contributed by atoms with Crippen LogP contribution in [-0.4, -0.2) is 9.55 Å². The number of hydrogen-bond donors (Lipinski definition) is 0. The summed E-state index contributed by atoms with van der Waals surface area (Å²) >= 11 is 0. The van der Waals surface area contributed by atoms with Gasteiger partial charge in [0.15, 0.2) is 0 Å². The van der Waals surface area contributed by atoms with Crippen molar-refractivity contribution >= 4 is 75.8 Å². The molecule has 2 aromatic heterocycles. The van der Waals surface area contributed by atoms with Gasteiger partial charge in [0.05, 0.1) is 22.2 Å². The smallest absolute Gasteiger partial charge is 0.0788 e. The van der Waals surface area contributed by atoms with Crippen LogP contribution in [0.5, 0.6) is 0 Å². The number of rotatable bonds is 4. The minimum absolute atomic E-state index is 0.992. The van der Waals surface area contributed by atoms with E-state index in [1.165, 1.54) is 81.8 Å². The summed E-state index contributed by atoms with van der Waals surface area (Å²) in [5.74, 6) is 0. The molecule has 2 nitrogen and oxygen atoms in total. The van der Waals surface area contributed by atoms with Gasteiger partial charge in [-0.2, -0.15) is 0 Å². The van der Waals surface area contributed by atoms with Crippen LogP contribution in [0.15, 0.2) is 206 Å². The average molecular weight is 723 g/mol. The van der Waals surface area contributed by atoms with Crippen LogP contribution < -0.4 is 0 Å². The molecule has 264 valence electrons. The molecular formula is C55H34N2. The third-order valence-electron chi connectivity index (χ3n) is 11.9. The molecule has 0 radical (unpaired) electrons. The van der Waals surface area contributed by atoms with Gasteiger partial charge in [0.1, 0.15) is 0 Å². The van der Waals surface area contributed by atoms with Crippen molar-refractivity contribution in [2.75, 3.05) is 0 Å². The highest BCUT2D eigenvalue weighted by Gasteiger charge is 2.21. The van der Waals surface area contributed by atoms with Gasteiger partial charge in [0, 0.05) is 38.2 Å². The third-order valence-corrected chi connectivity index (χ3v) is 11.9. The largest absolute Gasteiger partial charge is 0.309 e. The number of benzene rings is 10. The average Bonchev–Trinajstić information content (AvgIpc) is 3.62. The van der Waals surface area contributed by atoms with Gasteiger partial charge >= 0.3 is 0 Å². The molecule has 0 amide bonds. The second-order valence-electron chi connectivity index (χ2n) is 15.0. The zero-order valence-corrected chi connectivity index (χ0v) is 31.0. The van der Waals surface area contributed by atoms with Crippen LogP contribution in [0.2, 0.25) is 0 Å². The maximum absolute atomic E-state index is 5.28. The van der Waals surface area contributed by atoms with Gasteiger partial charge in [-0.3, -0.25) is 0 Å². The van der Waals surface area contributed by atoms with Gasteiger partial charge in [-0.1, -0.05) is 176 Å². The lowest BCUT2D eigenvalue weighted by molar-refractivity contribution is 1.19. The Kier molecular flexibility index (Phi) is 6.96. The van der Waals surface area contributed by atoms with E-state index in [1.54, 1.807) is 0 Å². The molecule has 57 heavy (non-hydrogen) atoms. The van der Waals surface area contributed by atoms with Crippen LogP contribution in [0.1, 0.15) is 0 Å². The van der Waals surface area contributed by atoms with Crippen LogP contribution in [-0.2, 0) is 0 Å². The number of aromatic nitrogens is 2. The molecule has 0 unspecified atom stereocenters. The van der Waals surface area contributed by atoms with E-state index >= 15 is 0 Å². The predicted octanol–water partition coefficient (Wildman–Crippen LogP) is 14.9. The van der Waals surface area contributed by atoms with Crippen LogP contribution in [0.25, 0.3) is 115 Å². The van der Waals surface area contributed by atoms with Crippen molar-refractivity contribution in [3.8, 4) is 39.2 Å². The third kappa shape index (κ3) is 4.81. The van der Waals surface area contributed by atoms with Gasteiger partial charge in [0.2, 0.25) is 0 Å². The van der Waals surface area contributed by atoms with E-state index < -0.39 is 0 Å². The topological polar surface area (TPSA) is 17.8 Å². The molecule has 0 bridgehead atoms. The molecule has 0 fully saturated rings. The van der Waals surface area contributed by atoms with E-state index in [4.69, 9.17) is 4.98 Å². The highest BCUT2D eigenvalue weighted by molar-refractivity contribution is 6.27. The lowest BCUT2D eigenvalue weighted by atomic mass is 9.85. The zero-order chi connectivity index (χ0) is 37.5. The number of fused-ring (bicyclic) bond motifs is 10. The number of pyridine rings is 1. The van der Waals surface area contributed by atoms with Gasteiger partial charge in [-0.25, -0.2) is 4.98 Å². The monoisotopic (exact) mass is 722 g/mol. The van der Waals surface area contributed by atoms with E-state index in [-0.39, 0.29) is 0 Å². The van der Waals surface area contributed by atoms with Crippen molar-refractivity contribution in [2.24, 2.45) is 0 Å². The first-order chi connectivity index (χ1) is 28.3. The summed E-state index contributed by atoms with van der Waals surface area (Å²) in [5.41, 5.74) is 11.6. The van der Waals surface area contributed by atoms with E-state index in [2.05, 4.69) is 211 Å². The number of hydrogen-bond acceptors (Lipinski definition) is 1. The van der Waals surface area contributed by atoms with Crippen LogP contribution in [0, 0.1) is 0 Å². The summed E-state index contributed by atoms with van der Waals surface area (Å²) in [6.07, 6.45) is 0. The molecule has 12 aromatic rings. The molecule has 0 spiro atoms. The fraction of sp³-hybridized carbons (Fsp3) is 0. The Hall–Kier alpha value is -7.55. The van der Waals surface area contributed by atoms with Gasteiger partial charge < -0.3 is 4.57 Å². The quantitative estimate of drug-likeness (QED) is 0.131. The second kappa shape index (κ2) is 12.5. The minimum Gasteiger partial charge on any atom is -0.309 e. The predicted molar refractivity (Wildman–Crippen MR) is 242 cm³/mol. The Morgan fingerprint density at radius 2 is 0.895 bits per heavy atom. The van der Waals surface area contributed by atoms with E-state index in [0.29, 0.717) is 0 Å². The van der Waals surface area contributed by atoms with Crippen molar-refractivity contribution in [1.82, 2.24) is 9.55 Å². The SMILES string of the molecule is c1ccc(-c2nc3ccccc3c3c2ccc2c4ccccc4n(-c4cccc(-c5c6ccccc6c(-c6ccc7ccccc7c6)c6ccccc56)c4)c23)cc1. The Morgan fingerprint density at radius 1 is 0.333 bits per heavy atom. The summed E-state index contributed by atoms with van der Waals surface area (Å²) in [5, 5.41) is 13.5.